The number of hydrogen-bond donors (Lipinski definition) is 1. The zero-order valence-corrected chi connectivity index (χ0v) is 8.15. The molecule has 2 saturated heterocycles. The fraction of sp³-hybridized carbons (Fsp3) is 0.900. The molecule has 0 aromatic carbocycles. The third-order valence-electron chi connectivity index (χ3n) is 3.18. The Bertz CT molecular complexity index is 210. The molecule has 0 spiro atoms. The van der Waals surface area contributed by atoms with Crippen LogP contribution in [0.2, 0.25) is 0 Å². The maximum Gasteiger partial charge on any atom is 0.309 e. The van der Waals surface area contributed by atoms with Crippen LogP contribution < -0.4 is 0 Å². The highest BCUT2D eigenvalue weighted by Crippen LogP contribution is 2.32. The van der Waals surface area contributed by atoms with Gasteiger partial charge in [-0.05, 0) is 25.2 Å². The van der Waals surface area contributed by atoms with E-state index in [0.29, 0.717) is 18.9 Å². The van der Waals surface area contributed by atoms with Crippen molar-refractivity contribution in [3.05, 3.63) is 0 Å². The van der Waals surface area contributed by atoms with E-state index in [1.54, 1.807) is 0 Å². The Kier molecular flexibility index (Phi) is 3.03. The molecule has 14 heavy (non-hydrogen) atoms. The topological polar surface area (TPSA) is 55.8 Å². The fourth-order valence-corrected chi connectivity index (χ4v) is 2.38. The van der Waals surface area contributed by atoms with Crippen molar-refractivity contribution < 1.29 is 19.4 Å². The van der Waals surface area contributed by atoms with Crippen molar-refractivity contribution in [3.63, 3.8) is 0 Å². The lowest BCUT2D eigenvalue weighted by atomic mass is 9.86. The van der Waals surface area contributed by atoms with E-state index in [1.807, 2.05) is 0 Å². The Hall–Kier alpha value is -0.610. The summed E-state index contributed by atoms with van der Waals surface area (Å²) in [5.74, 6) is -0.621. The zero-order valence-electron chi connectivity index (χ0n) is 8.15. The van der Waals surface area contributed by atoms with Crippen LogP contribution in [0, 0.1) is 11.8 Å². The van der Waals surface area contributed by atoms with Crippen LogP contribution in [0.5, 0.6) is 0 Å². The van der Waals surface area contributed by atoms with E-state index < -0.39 is 5.97 Å². The molecular weight excluding hydrogens is 184 g/mol. The second kappa shape index (κ2) is 4.28. The van der Waals surface area contributed by atoms with E-state index in [4.69, 9.17) is 14.6 Å². The summed E-state index contributed by atoms with van der Waals surface area (Å²) in [7, 11) is 0. The summed E-state index contributed by atoms with van der Waals surface area (Å²) in [5, 5.41) is 9.00. The number of rotatable bonds is 2. The molecule has 4 heteroatoms. The number of aliphatic carboxylic acids is 1. The molecular formula is C10H16O4. The summed E-state index contributed by atoms with van der Waals surface area (Å²) in [6, 6.07) is 0. The normalized spacial score (nSPS) is 34.6. The van der Waals surface area contributed by atoms with Crippen molar-refractivity contribution in [2.24, 2.45) is 11.8 Å². The second-order valence-corrected chi connectivity index (χ2v) is 4.02. The summed E-state index contributed by atoms with van der Waals surface area (Å²) in [5.41, 5.74) is 0. The molecule has 0 radical (unpaired) electrons. The Morgan fingerprint density at radius 2 is 1.86 bits per heavy atom. The van der Waals surface area contributed by atoms with Gasteiger partial charge in [-0.1, -0.05) is 0 Å². The molecule has 0 saturated carbocycles. The third-order valence-corrected chi connectivity index (χ3v) is 3.18. The molecule has 2 aliphatic heterocycles. The minimum atomic E-state index is -0.709. The Balaban J connectivity index is 1.97. The molecule has 80 valence electrons. The van der Waals surface area contributed by atoms with Gasteiger partial charge in [-0.3, -0.25) is 4.79 Å². The SMILES string of the molecule is O=C(O)C1CCOC1C1CCOCC1. The van der Waals surface area contributed by atoms with Crippen LogP contribution >= 0.6 is 0 Å². The van der Waals surface area contributed by atoms with Crippen molar-refractivity contribution in [1.29, 1.82) is 0 Å². The van der Waals surface area contributed by atoms with Crippen molar-refractivity contribution in [2.45, 2.75) is 25.4 Å². The summed E-state index contributed by atoms with van der Waals surface area (Å²) < 4.78 is 10.8. The number of carboxylic acid groups (broad SMARTS) is 1. The van der Waals surface area contributed by atoms with Gasteiger partial charge in [0.15, 0.2) is 0 Å². The number of ether oxygens (including phenoxy) is 2. The summed E-state index contributed by atoms with van der Waals surface area (Å²) >= 11 is 0. The van der Waals surface area contributed by atoms with Gasteiger partial charge < -0.3 is 14.6 Å². The molecule has 0 aliphatic carbocycles. The fourth-order valence-electron chi connectivity index (χ4n) is 2.38. The van der Waals surface area contributed by atoms with Crippen LogP contribution in [0.15, 0.2) is 0 Å². The molecule has 2 atom stereocenters. The first-order valence-electron chi connectivity index (χ1n) is 5.21. The van der Waals surface area contributed by atoms with Crippen LogP contribution in [0.1, 0.15) is 19.3 Å². The van der Waals surface area contributed by atoms with Gasteiger partial charge in [0.1, 0.15) is 0 Å². The second-order valence-electron chi connectivity index (χ2n) is 4.02. The van der Waals surface area contributed by atoms with Crippen molar-refractivity contribution in [2.75, 3.05) is 19.8 Å². The molecule has 0 aromatic rings. The van der Waals surface area contributed by atoms with E-state index in [9.17, 15) is 4.79 Å². The molecule has 2 aliphatic rings. The predicted octanol–water partition coefficient (Wildman–Crippen LogP) is 0.903. The smallest absolute Gasteiger partial charge is 0.309 e. The van der Waals surface area contributed by atoms with Crippen molar-refractivity contribution in [3.8, 4) is 0 Å². The lowest BCUT2D eigenvalue weighted by Gasteiger charge is -2.29. The summed E-state index contributed by atoms with van der Waals surface area (Å²) in [4.78, 5) is 10.9. The van der Waals surface area contributed by atoms with Crippen molar-refractivity contribution >= 4 is 5.97 Å². The molecule has 4 nitrogen and oxygen atoms in total. The number of carboxylic acids is 1. The Morgan fingerprint density at radius 3 is 2.50 bits per heavy atom. The van der Waals surface area contributed by atoms with Gasteiger partial charge in [-0.15, -0.1) is 0 Å². The van der Waals surface area contributed by atoms with E-state index in [-0.39, 0.29) is 12.0 Å². The minimum absolute atomic E-state index is 0.0728. The van der Waals surface area contributed by atoms with E-state index in [0.717, 1.165) is 26.1 Å². The highest BCUT2D eigenvalue weighted by atomic mass is 16.5. The van der Waals surface area contributed by atoms with Gasteiger partial charge in [0.2, 0.25) is 0 Å². The standard InChI is InChI=1S/C10H16O4/c11-10(12)8-3-6-14-9(8)7-1-4-13-5-2-7/h7-9H,1-6H2,(H,11,12). The molecule has 2 rings (SSSR count). The minimum Gasteiger partial charge on any atom is -0.481 e. The summed E-state index contributed by atoms with van der Waals surface area (Å²) in [6.07, 6.45) is 2.47. The van der Waals surface area contributed by atoms with Gasteiger partial charge in [-0.2, -0.15) is 0 Å². The van der Waals surface area contributed by atoms with E-state index in [2.05, 4.69) is 0 Å². The van der Waals surface area contributed by atoms with Crippen molar-refractivity contribution in [1.82, 2.24) is 0 Å². The molecule has 0 bridgehead atoms. The predicted molar refractivity (Wildman–Crippen MR) is 49.0 cm³/mol. The monoisotopic (exact) mass is 200 g/mol. The summed E-state index contributed by atoms with van der Waals surface area (Å²) in [6.45, 7) is 2.09. The number of carbonyl (C=O) groups is 1. The largest absolute Gasteiger partial charge is 0.481 e. The van der Waals surface area contributed by atoms with Crippen LogP contribution in [-0.2, 0) is 14.3 Å². The maximum absolute atomic E-state index is 10.9. The first-order chi connectivity index (χ1) is 6.79. The van der Waals surface area contributed by atoms with Crippen LogP contribution in [0.3, 0.4) is 0 Å². The first kappa shape index (κ1) is 9.93. The van der Waals surface area contributed by atoms with Crippen LogP contribution in [0.25, 0.3) is 0 Å². The molecule has 2 fully saturated rings. The lowest BCUT2D eigenvalue weighted by Crippen LogP contribution is -2.34. The average molecular weight is 200 g/mol. The average Bonchev–Trinajstić information content (AvgIpc) is 2.67. The molecule has 2 heterocycles. The van der Waals surface area contributed by atoms with Gasteiger partial charge >= 0.3 is 5.97 Å². The highest BCUT2D eigenvalue weighted by molar-refractivity contribution is 5.71. The molecule has 0 aromatic heterocycles. The highest BCUT2D eigenvalue weighted by Gasteiger charge is 2.39. The van der Waals surface area contributed by atoms with E-state index >= 15 is 0 Å². The Morgan fingerprint density at radius 1 is 1.14 bits per heavy atom. The molecule has 1 N–H and O–H groups in total. The van der Waals surface area contributed by atoms with E-state index in [1.165, 1.54) is 0 Å². The maximum atomic E-state index is 10.9. The number of hydrogen-bond acceptors (Lipinski definition) is 3. The van der Waals surface area contributed by atoms with Crippen LogP contribution in [0.4, 0.5) is 0 Å². The lowest BCUT2D eigenvalue weighted by molar-refractivity contribution is -0.145. The first-order valence-corrected chi connectivity index (χ1v) is 5.21. The van der Waals surface area contributed by atoms with Crippen LogP contribution in [-0.4, -0.2) is 37.0 Å². The van der Waals surface area contributed by atoms with Gasteiger partial charge in [-0.25, -0.2) is 0 Å². The third kappa shape index (κ3) is 1.91. The Labute approximate surface area is 83.2 Å². The van der Waals surface area contributed by atoms with Gasteiger partial charge in [0, 0.05) is 19.8 Å². The van der Waals surface area contributed by atoms with Gasteiger partial charge in [0.05, 0.1) is 12.0 Å². The van der Waals surface area contributed by atoms with Gasteiger partial charge in [0.25, 0.3) is 0 Å². The molecule has 0 amide bonds. The quantitative estimate of drug-likeness (QED) is 0.719. The zero-order chi connectivity index (χ0) is 9.97. The molecule has 2 unspecified atom stereocenters.